The van der Waals surface area contributed by atoms with Crippen molar-refractivity contribution in [1.29, 1.82) is 0 Å². The summed E-state index contributed by atoms with van der Waals surface area (Å²) >= 11 is 1.54. The zero-order chi connectivity index (χ0) is 16.4. The van der Waals surface area contributed by atoms with Crippen molar-refractivity contribution in [2.75, 3.05) is 12.4 Å². The van der Waals surface area contributed by atoms with Crippen LogP contribution in [0.3, 0.4) is 0 Å². The molecule has 0 saturated carbocycles. The van der Waals surface area contributed by atoms with Gasteiger partial charge in [-0.1, -0.05) is 25.1 Å². The average molecular weight is 328 g/mol. The van der Waals surface area contributed by atoms with Crippen LogP contribution in [0.25, 0.3) is 0 Å². The molecular weight excluding hydrogens is 308 g/mol. The predicted octanol–water partition coefficient (Wildman–Crippen LogP) is 3.48. The van der Waals surface area contributed by atoms with Crippen molar-refractivity contribution in [1.82, 2.24) is 5.32 Å². The maximum absolute atomic E-state index is 12.4. The minimum atomic E-state index is -0.178. The Morgan fingerprint density at radius 2 is 1.91 bits per heavy atom. The number of carbonyl (C=O) groups excluding carboxylic acids is 2. The Kier molecular flexibility index (Phi) is 4.48. The zero-order valence-corrected chi connectivity index (χ0v) is 14.1. The van der Waals surface area contributed by atoms with E-state index in [1.165, 1.54) is 16.2 Å². The molecule has 2 amide bonds. The van der Waals surface area contributed by atoms with Gasteiger partial charge in [-0.15, -0.1) is 11.3 Å². The highest BCUT2D eigenvalue weighted by atomic mass is 32.1. The van der Waals surface area contributed by atoms with Crippen molar-refractivity contribution < 1.29 is 9.59 Å². The van der Waals surface area contributed by atoms with E-state index in [-0.39, 0.29) is 11.8 Å². The second-order valence-electron chi connectivity index (χ2n) is 5.96. The van der Waals surface area contributed by atoms with Gasteiger partial charge in [0.15, 0.2) is 0 Å². The SMILES string of the molecule is CNC(=O)c1c(NC(=O)c2ccccc2)sc2c1CCC(C)C2. The van der Waals surface area contributed by atoms with Crippen molar-refractivity contribution >= 4 is 28.2 Å². The Morgan fingerprint density at radius 1 is 1.17 bits per heavy atom. The lowest BCUT2D eigenvalue weighted by Gasteiger charge is -2.18. The van der Waals surface area contributed by atoms with Crippen LogP contribution in [0.1, 0.15) is 44.5 Å². The third kappa shape index (κ3) is 3.15. The number of amides is 2. The predicted molar refractivity (Wildman–Crippen MR) is 93.3 cm³/mol. The second kappa shape index (κ2) is 6.54. The van der Waals surface area contributed by atoms with Crippen LogP contribution in [0.4, 0.5) is 5.00 Å². The highest BCUT2D eigenvalue weighted by Crippen LogP contribution is 2.39. The van der Waals surface area contributed by atoms with Gasteiger partial charge in [0.2, 0.25) is 0 Å². The fourth-order valence-electron chi connectivity index (χ4n) is 2.97. The van der Waals surface area contributed by atoms with Gasteiger partial charge in [-0.3, -0.25) is 9.59 Å². The summed E-state index contributed by atoms with van der Waals surface area (Å²) in [5.41, 5.74) is 2.34. The van der Waals surface area contributed by atoms with Gasteiger partial charge in [0, 0.05) is 17.5 Å². The lowest BCUT2D eigenvalue weighted by Crippen LogP contribution is -2.22. The first-order chi connectivity index (χ1) is 11.1. The van der Waals surface area contributed by atoms with Crippen molar-refractivity contribution in [2.45, 2.75) is 26.2 Å². The molecule has 2 aromatic rings. The number of anilines is 1. The van der Waals surface area contributed by atoms with Crippen LogP contribution in [0.15, 0.2) is 30.3 Å². The monoisotopic (exact) mass is 328 g/mol. The van der Waals surface area contributed by atoms with Gasteiger partial charge in [-0.05, 0) is 42.9 Å². The third-order valence-electron chi connectivity index (χ3n) is 4.23. The van der Waals surface area contributed by atoms with Gasteiger partial charge in [0.25, 0.3) is 11.8 Å². The van der Waals surface area contributed by atoms with E-state index < -0.39 is 0 Å². The van der Waals surface area contributed by atoms with Gasteiger partial charge in [-0.2, -0.15) is 0 Å². The van der Waals surface area contributed by atoms with E-state index in [2.05, 4.69) is 17.6 Å². The average Bonchev–Trinajstić information content (AvgIpc) is 2.91. The van der Waals surface area contributed by atoms with Crippen LogP contribution in [0, 0.1) is 5.92 Å². The number of rotatable bonds is 3. The van der Waals surface area contributed by atoms with Gasteiger partial charge < -0.3 is 10.6 Å². The fourth-order valence-corrected chi connectivity index (χ4v) is 4.37. The normalized spacial score (nSPS) is 16.5. The molecule has 1 aliphatic rings. The number of benzene rings is 1. The van der Waals surface area contributed by atoms with Crippen molar-refractivity contribution in [2.24, 2.45) is 5.92 Å². The summed E-state index contributed by atoms with van der Waals surface area (Å²) in [5.74, 6) is 0.319. The van der Waals surface area contributed by atoms with Crippen LogP contribution in [0.5, 0.6) is 0 Å². The molecule has 0 fully saturated rings. The van der Waals surface area contributed by atoms with Crippen LogP contribution < -0.4 is 10.6 Å². The Labute approximate surface area is 139 Å². The second-order valence-corrected chi connectivity index (χ2v) is 7.06. The molecule has 5 heteroatoms. The summed E-state index contributed by atoms with van der Waals surface area (Å²) in [6.07, 6.45) is 2.96. The van der Waals surface area contributed by atoms with Crippen molar-refractivity contribution in [3.05, 3.63) is 51.9 Å². The Balaban J connectivity index is 1.95. The Morgan fingerprint density at radius 3 is 2.61 bits per heavy atom. The van der Waals surface area contributed by atoms with Crippen LogP contribution in [-0.4, -0.2) is 18.9 Å². The molecule has 0 saturated heterocycles. The topological polar surface area (TPSA) is 58.2 Å². The smallest absolute Gasteiger partial charge is 0.256 e. The quantitative estimate of drug-likeness (QED) is 0.906. The fraction of sp³-hybridized carbons (Fsp3) is 0.333. The number of hydrogen-bond acceptors (Lipinski definition) is 3. The summed E-state index contributed by atoms with van der Waals surface area (Å²) in [4.78, 5) is 26.0. The molecule has 4 nitrogen and oxygen atoms in total. The standard InChI is InChI=1S/C18H20N2O2S/c1-11-8-9-13-14(10-11)23-18(15(13)17(22)19-2)20-16(21)12-6-4-3-5-7-12/h3-7,11H,8-10H2,1-2H3,(H,19,22)(H,20,21). The molecule has 120 valence electrons. The number of fused-ring (bicyclic) bond motifs is 1. The van der Waals surface area contributed by atoms with Gasteiger partial charge >= 0.3 is 0 Å². The zero-order valence-electron chi connectivity index (χ0n) is 13.3. The highest BCUT2D eigenvalue weighted by molar-refractivity contribution is 7.17. The number of hydrogen-bond donors (Lipinski definition) is 2. The summed E-state index contributed by atoms with van der Waals surface area (Å²) < 4.78 is 0. The molecule has 0 radical (unpaired) electrons. The molecule has 2 N–H and O–H groups in total. The van der Waals surface area contributed by atoms with Crippen molar-refractivity contribution in [3.8, 4) is 0 Å². The molecule has 1 aromatic heterocycles. The van der Waals surface area contributed by atoms with Crippen LogP contribution in [-0.2, 0) is 12.8 Å². The van der Waals surface area contributed by atoms with E-state index in [1.54, 1.807) is 19.2 Å². The maximum Gasteiger partial charge on any atom is 0.256 e. The number of thiophene rings is 1. The van der Waals surface area contributed by atoms with Gasteiger partial charge in [-0.25, -0.2) is 0 Å². The lowest BCUT2D eigenvalue weighted by atomic mass is 9.88. The highest BCUT2D eigenvalue weighted by Gasteiger charge is 2.27. The summed E-state index contributed by atoms with van der Waals surface area (Å²) in [5, 5.41) is 6.30. The van der Waals surface area contributed by atoms with E-state index in [0.29, 0.717) is 22.0 Å². The molecule has 1 unspecified atom stereocenters. The minimum Gasteiger partial charge on any atom is -0.355 e. The molecule has 1 atom stereocenters. The maximum atomic E-state index is 12.4. The lowest BCUT2D eigenvalue weighted by molar-refractivity contribution is 0.0963. The molecule has 0 aliphatic heterocycles. The van der Waals surface area contributed by atoms with E-state index in [9.17, 15) is 9.59 Å². The van der Waals surface area contributed by atoms with E-state index in [1.807, 2.05) is 18.2 Å². The number of carbonyl (C=O) groups is 2. The largest absolute Gasteiger partial charge is 0.355 e. The molecule has 23 heavy (non-hydrogen) atoms. The Bertz CT molecular complexity index is 737. The first-order valence-electron chi connectivity index (χ1n) is 7.83. The van der Waals surface area contributed by atoms with Crippen LogP contribution in [0.2, 0.25) is 0 Å². The number of nitrogens with one attached hydrogen (secondary N) is 2. The summed E-state index contributed by atoms with van der Waals surface area (Å²) in [6, 6.07) is 9.07. The van der Waals surface area contributed by atoms with E-state index in [4.69, 9.17) is 0 Å². The molecule has 0 bridgehead atoms. The Hall–Kier alpha value is -2.14. The molecule has 3 rings (SSSR count). The molecule has 1 aliphatic carbocycles. The van der Waals surface area contributed by atoms with Gasteiger partial charge in [0.05, 0.1) is 5.56 Å². The summed E-state index contributed by atoms with van der Waals surface area (Å²) in [7, 11) is 1.63. The van der Waals surface area contributed by atoms with Gasteiger partial charge in [0.1, 0.15) is 5.00 Å². The molecule has 1 heterocycles. The van der Waals surface area contributed by atoms with Crippen molar-refractivity contribution in [3.63, 3.8) is 0 Å². The van der Waals surface area contributed by atoms with E-state index >= 15 is 0 Å². The third-order valence-corrected chi connectivity index (χ3v) is 5.40. The molecular formula is C18H20N2O2S. The first-order valence-corrected chi connectivity index (χ1v) is 8.64. The first kappa shape index (κ1) is 15.7. The summed E-state index contributed by atoms with van der Waals surface area (Å²) in [6.45, 7) is 2.23. The van der Waals surface area contributed by atoms with Crippen LogP contribution >= 0.6 is 11.3 Å². The molecule has 1 aromatic carbocycles. The molecule has 0 spiro atoms. The minimum absolute atomic E-state index is 0.125. The van der Waals surface area contributed by atoms with E-state index in [0.717, 1.165) is 24.8 Å².